The number of primary sulfonamides is 1. The molecule has 1 amide bonds. The van der Waals surface area contributed by atoms with Crippen molar-refractivity contribution in [1.29, 1.82) is 0 Å². The van der Waals surface area contributed by atoms with Gasteiger partial charge in [-0.1, -0.05) is 24.3 Å². The molecule has 39 heavy (non-hydrogen) atoms. The number of alkyl halides is 3. The zero-order valence-corrected chi connectivity index (χ0v) is 22.6. The van der Waals surface area contributed by atoms with Crippen LogP contribution in [-0.2, 0) is 27.4 Å². The molecule has 0 spiro atoms. The molecule has 0 aliphatic heterocycles. The maximum Gasteiger partial charge on any atom is 0.417 e. The number of hydrogen-bond donors (Lipinski definition) is 3. The lowest BCUT2D eigenvalue weighted by atomic mass is 9.92. The summed E-state index contributed by atoms with van der Waals surface area (Å²) in [6.07, 6.45) is -2.50. The summed E-state index contributed by atoms with van der Waals surface area (Å²) in [7, 11) is -2.31. The quantitative estimate of drug-likeness (QED) is 0.265. The number of amides is 1. The van der Waals surface area contributed by atoms with Crippen molar-refractivity contribution in [3.63, 3.8) is 0 Å². The molecule has 0 fully saturated rings. The topological polar surface area (TPSA) is 111 Å². The molecular weight excluding hydrogens is 531 g/mol. The molecule has 0 aromatic heterocycles. The minimum atomic E-state index is -4.52. The van der Waals surface area contributed by atoms with E-state index in [0.29, 0.717) is 48.4 Å². The first-order chi connectivity index (χ1) is 18.4. The predicted molar refractivity (Wildman–Crippen MR) is 145 cm³/mol. The lowest BCUT2D eigenvalue weighted by Crippen LogP contribution is -2.20. The normalized spacial score (nSPS) is 11.9. The predicted octanol–water partition coefficient (Wildman–Crippen LogP) is 5.14. The van der Waals surface area contributed by atoms with Gasteiger partial charge in [-0.3, -0.25) is 4.79 Å². The highest BCUT2D eigenvalue weighted by Crippen LogP contribution is 2.39. The third-order valence-electron chi connectivity index (χ3n) is 6.16. The number of sulfonamides is 1. The smallest absolute Gasteiger partial charge is 0.383 e. The van der Waals surface area contributed by atoms with Crippen LogP contribution in [-0.4, -0.2) is 41.1 Å². The van der Waals surface area contributed by atoms with E-state index in [1.165, 1.54) is 37.3 Å². The van der Waals surface area contributed by atoms with E-state index in [0.717, 1.165) is 19.0 Å². The fourth-order valence-corrected chi connectivity index (χ4v) is 5.05. The molecule has 210 valence electrons. The van der Waals surface area contributed by atoms with E-state index in [-0.39, 0.29) is 16.0 Å². The maximum absolute atomic E-state index is 13.8. The van der Waals surface area contributed by atoms with Gasteiger partial charge in [0.05, 0.1) is 17.1 Å². The Kier molecular flexibility index (Phi) is 10.3. The van der Waals surface area contributed by atoms with Crippen LogP contribution in [0.2, 0.25) is 0 Å². The SMILES string of the molecule is COCCNCCCCc1cc(NC(=O)c2ccc(S(N)(=O)=O)c(C)c2)ccc1-c1ccccc1C(F)(F)F. The summed E-state index contributed by atoms with van der Waals surface area (Å²) in [6, 6.07) is 14.3. The van der Waals surface area contributed by atoms with Crippen LogP contribution in [0.15, 0.2) is 65.6 Å². The molecule has 0 unspecified atom stereocenters. The number of nitrogens with one attached hydrogen (secondary N) is 2. The van der Waals surface area contributed by atoms with Gasteiger partial charge in [-0.25, -0.2) is 13.6 Å². The average Bonchev–Trinajstić information content (AvgIpc) is 2.87. The first kappa shape index (κ1) is 30.3. The molecule has 3 rings (SSSR count). The first-order valence-corrected chi connectivity index (χ1v) is 13.9. The third kappa shape index (κ3) is 8.37. The Morgan fingerprint density at radius 1 is 0.974 bits per heavy atom. The van der Waals surface area contributed by atoms with Gasteiger partial charge in [-0.05, 0) is 91.4 Å². The molecule has 0 heterocycles. The largest absolute Gasteiger partial charge is 0.417 e. The highest BCUT2D eigenvalue weighted by molar-refractivity contribution is 7.89. The van der Waals surface area contributed by atoms with Crippen molar-refractivity contribution in [2.45, 2.75) is 37.3 Å². The Morgan fingerprint density at radius 3 is 2.38 bits per heavy atom. The summed E-state index contributed by atoms with van der Waals surface area (Å²) in [6.45, 7) is 3.57. The standard InChI is InChI=1S/C28H32F3N3O4S/c1-19-17-21(10-13-26(19)39(32,36)37)27(35)34-22-11-12-23(24-8-3-4-9-25(24)28(29,30)31)20(18-22)7-5-6-14-33-15-16-38-2/h3-4,8-13,17-18,33H,5-7,14-16H2,1-2H3,(H,34,35)(H2,32,36,37). The maximum atomic E-state index is 13.8. The van der Waals surface area contributed by atoms with Gasteiger partial charge in [0.2, 0.25) is 10.0 Å². The fraction of sp³-hybridized carbons (Fsp3) is 0.321. The van der Waals surface area contributed by atoms with Crippen LogP contribution in [0, 0.1) is 6.92 Å². The van der Waals surface area contributed by atoms with Gasteiger partial charge in [0, 0.05) is 24.9 Å². The van der Waals surface area contributed by atoms with Gasteiger partial charge in [-0.2, -0.15) is 13.2 Å². The zero-order chi connectivity index (χ0) is 28.6. The molecule has 0 aliphatic rings. The van der Waals surface area contributed by atoms with E-state index in [9.17, 15) is 26.4 Å². The number of benzene rings is 3. The van der Waals surface area contributed by atoms with E-state index in [4.69, 9.17) is 9.88 Å². The lowest BCUT2D eigenvalue weighted by Gasteiger charge is -2.17. The second-order valence-electron chi connectivity index (χ2n) is 9.09. The van der Waals surface area contributed by atoms with Crippen LogP contribution in [0.25, 0.3) is 11.1 Å². The second kappa shape index (κ2) is 13.2. The molecule has 3 aromatic carbocycles. The van der Waals surface area contributed by atoms with Crippen molar-refractivity contribution in [3.8, 4) is 11.1 Å². The zero-order valence-electron chi connectivity index (χ0n) is 21.8. The number of anilines is 1. The summed E-state index contributed by atoms with van der Waals surface area (Å²) in [4.78, 5) is 12.8. The average molecular weight is 564 g/mol. The van der Waals surface area contributed by atoms with E-state index in [1.807, 2.05) is 0 Å². The molecule has 0 saturated carbocycles. The van der Waals surface area contributed by atoms with Crippen molar-refractivity contribution >= 4 is 21.6 Å². The van der Waals surface area contributed by atoms with E-state index in [2.05, 4.69) is 10.6 Å². The Morgan fingerprint density at radius 2 is 1.72 bits per heavy atom. The molecule has 0 bridgehead atoms. The lowest BCUT2D eigenvalue weighted by molar-refractivity contribution is -0.137. The molecule has 0 radical (unpaired) electrons. The molecule has 4 N–H and O–H groups in total. The van der Waals surface area contributed by atoms with Crippen molar-refractivity contribution in [1.82, 2.24) is 5.32 Å². The van der Waals surface area contributed by atoms with Crippen molar-refractivity contribution in [2.24, 2.45) is 5.14 Å². The molecule has 0 saturated heterocycles. The number of methoxy groups -OCH3 is 1. The summed E-state index contributed by atoms with van der Waals surface area (Å²) in [5, 5.41) is 11.2. The van der Waals surface area contributed by atoms with Crippen molar-refractivity contribution in [2.75, 3.05) is 32.1 Å². The van der Waals surface area contributed by atoms with Crippen LogP contribution in [0.5, 0.6) is 0 Å². The number of carbonyl (C=O) groups excluding carboxylic acids is 1. The highest BCUT2D eigenvalue weighted by atomic mass is 32.2. The number of halogens is 3. The second-order valence-corrected chi connectivity index (χ2v) is 10.6. The number of unbranched alkanes of at least 4 members (excludes halogenated alkanes) is 1. The van der Waals surface area contributed by atoms with Gasteiger partial charge in [-0.15, -0.1) is 0 Å². The number of ether oxygens (including phenoxy) is 1. The van der Waals surface area contributed by atoms with Gasteiger partial charge in [0.25, 0.3) is 5.91 Å². The summed E-state index contributed by atoms with van der Waals surface area (Å²) in [5.74, 6) is -0.490. The number of aryl methyl sites for hydroxylation is 2. The number of nitrogens with two attached hydrogens (primary N) is 1. The van der Waals surface area contributed by atoms with Crippen molar-refractivity contribution in [3.05, 3.63) is 82.9 Å². The minimum Gasteiger partial charge on any atom is -0.383 e. The Bertz CT molecular complexity index is 1410. The third-order valence-corrected chi connectivity index (χ3v) is 7.23. The monoisotopic (exact) mass is 563 g/mol. The van der Waals surface area contributed by atoms with Crippen LogP contribution in [0.1, 0.15) is 39.9 Å². The number of carbonyl (C=O) groups is 1. The van der Waals surface area contributed by atoms with Gasteiger partial charge >= 0.3 is 6.18 Å². The molecule has 11 heteroatoms. The van der Waals surface area contributed by atoms with Crippen LogP contribution < -0.4 is 15.8 Å². The van der Waals surface area contributed by atoms with E-state index >= 15 is 0 Å². The summed E-state index contributed by atoms with van der Waals surface area (Å²) in [5.41, 5.74) is 1.41. The van der Waals surface area contributed by atoms with Crippen LogP contribution in [0.4, 0.5) is 18.9 Å². The highest BCUT2D eigenvalue weighted by Gasteiger charge is 2.33. The Hall–Kier alpha value is -3.25. The summed E-state index contributed by atoms with van der Waals surface area (Å²) >= 11 is 0. The minimum absolute atomic E-state index is 0.0744. The van der Waals surface area contributed by atoms with Gasteiger partial charge < -0.3 is 15.4 Å². The molecule has 7 nitrogen and oxygen atoms in total. The molecule has 3 aromatic rings. The summed E-state index contributed by atoms with van der Waals surface area (Å²) < 4.78 is 69.7. The number of rotatable bonds is 12. The van der Waals surface area contributed by atoms with Gasteiger partial charge in [0.1, 0.15) is 0 Å². The molecular formula is C28H32F3N3O4S. The molecule has 0 atom stereocenters. The van der Waals surface area contributed by atoms with E-state index < -0.39 is 27.7 Å². The Balaban J connectivity index is 1.88. The van der Waals surface area contributed by atoms with Gasteiger partial charge in [0.15, 0.2) is 0 Å². The van der Waals surface area contributed by atoms with Crippen LogP contribution in [0.3, 0.4) is 0 Å². The van der Waals surface area contributed by atoms with Crippen LogP contribution >= 0.6 is 0 Å². The fourth-order valence-electron chi connectivity index (χ4n) is 4.28. The Labute approximate surface area is 226 Å². The van der Waals surface area contributed by atoms with Crippen molar-refractivity contribution < 1.29 is 31.1 Å². The number of hydrogen-bond acceptors (Lipinski definition) is 5. The molecule has 0 aliphatic carbocycles. The van der Waals surface area contributed by atoms with E-state index in [1.54, 1.807) is 31.4 Å². The first-order valence-electron chi connectivity index (χ1n) is 12.4.